The van der Waals surface area contributed by atoms with Gasteiger partial charge in [0.15, 0.2) is 5.76 Å². The highest BCUT2D eigenvalue weighted by molar-refractivity contribution is 7.18. The van der Waals surface area contributed by atoms with Gasteiger partial charge < -0.3 is 19.8 Å². The molecular formula is C25H20N2O5S. The van der Waals surface area contributed by atoms with Crippen molar-refractivity contribution in [3.05, 3.63) is 107 Å². The molecule has 2 amide bonds. The fourth-order valence-electron chi connectivity index (χ4n) is 3.01. The van der Waals surface area contributed by atoms with Gasteiger partial charge in [-0.15, -0.1) is 11.3 Å². The minimum Gasteiger partial charge on any atom is -0.459 e. The van der Waals surface area contributed by atoms with Crippen LogP contribution in [0.5, 0.6) is 0 Å². The molecule has 0 aliphatic heterocycles. The van der Waals surface area contributed by atoms with Gasteiger partial charge >= 0.3 is 5.97 Å². The van der Waals surface area contributed by atoms with Crippen molar-refractivity contribution < 1.29 is 23.5 Å². The van der Waals surface area contributed by atoms with E-state index in [0.29, 0.717) is 16.3 Å². The van der Waals surface area contributed by atoms with E-state index < -0.39 is 23.9 Å². The Bertz CT molecular complexity index is 1250. The molecule has 0 spiro atoms. The molecule has 7 nitrogen and oxygen atoms in total. The van der Waals surface area contributed by atoms with Crippen LogP contribution in [-0.2, 0) is 9.53 Å². The Kier molecular flexibility index (Phi) is 6.66. The Morgan fingerprint density at radius 3 is 2.33 bits per heavy atom. The number of esters is 1. The molecule has 0 saturated heterocycles. The average Bonchev–Trinajstić information content (AvgIpc) is 3.52. The highest BCUT2D eigenvalue weighted by atomic mass is 32.1. The van der Waals surface area contributed by atoms with Gasteiger partial charge in [0.25, 0.3) is 11.8 Å². The van der Waals surface area contributed by atoms with Crippen LogP contribution >= 0.6 is 11.3 Å². The Morgan fingerprint density at radius 2 is 1.64 bits per heavy atom. The Balaban J connectivity index is 1.48. The molecule has 1 atom stereocenters. The topological polar surface area (TPSA) is 97.6 Å². The summed E-state index contributed by atoms with van der Waals surface area (Å²) in [6.45, 7) is 1.95. The van der Waals surface area contributed by atoms with Crippen molar-refractivity contribution in [2.45, 2.75) is 13.0 Å². The molecule has 0 bridgehead atoms. The third kappa shape index (κ3) is 5.55. The number of rotatable bonds is 7. The van der Waals surface area contributed by atoms with Gasteiger partial charge in [0.2, 0.25) is 6.10 Å². The molecule has 2 aromatic heterocycles. The molecule has 8 heteroatoms. The fraction of sp³-hybridized carbons (Fsp3) is 0.0800. The molecule has 0 aliphatic carbocycles. The molecule has 0 radical (unpaired) electrons. The van der Waals surface area contributed by atoms with Crippen LogP contribution in [-0.4, -0.2) is 17.8 Å². The molecule has 4 rings (SSSR count). The number of nitrogens with one attached hydrogen (secondary N) is 2. The summed E-state index contributed by atoms with van der Waals surface area (Å²) in [4.78, 5) is 38.2. The van der Waals surface area contributed by atoms with Gasteiger partial charge in [0.05, 0.1) is 11.3 Å². The van der Waals surface area contributed by atoms with Gasteiger partial charge in [-0.25, -0.2) is 4.79 Å². The summed E-state index contributed by atoms with van der Waals surface area (Å²) in [5, 5.41) is 5.90. The maximum Gasteiger partial charge on any atom is 0.349 e. The normalized spacial score (nSPS) is 11.4. The van der Waals surface area contributed by atoms with Crippen molar-refractivity contribution in [2.75, 3.05) is 10.6 Å². The molecule has 2 heterocycles. The fourth-order valence-corrected chi connectivity index (χ4v) is 3.79. The predicted molar refractivity (Wildman–Crippen MR) is 125 cm³/mol. The number of hydrogen-bond donors (Lipinski definition) is 2. The highest BCUT2D eigenvalue weighted by Gasteiger charge is 2.26. The zero-order valence-electron chi connectivity index (χ0n) is 17.6. The first kappa shape index (κ1) is 22.0. The largest absolute Gasteiger partial charge is 0.459 e. The molecule has 33 heavy (non-hydrogen) atoms. The number of benzene rings is 2. The number of carbonyl (C=O) groups is 3. The number of ether oxygens (including phenoxy) is 1. The van der Waals surface area contributed by atoms with E-state index in [1.54, 1.807) is 48.5 Å². The van der Waals surface area contributed by atoms with Crippen LogP contribution in [0.2, 0.25) is 0 Å². The maximum atomic E-state index is 13.0. The molecule has 0 aliphatic rings. The summed E-state index contributed by atoms with van der Waals surface area (Å²) in [6, 6.07) is 22.4. The third-order valence-electron chi connectivity index (χ3n) is 4.67. The van der Waals surface area contributed by atoms with Crippen LogP contribution in [0.4, 0.5) is 10.7 Å². The van der Waals surface area contributed by atoms with E-state index in [4.69, 9.17) is 9.15 Å². The van der Waals surface area contributed by atoms with E-state index in [1.807, 2.05) is 25.1 Å². The minimum atomic E-state index is -1.15. The number of hydrogen-bond acceptors (Lipinski definition) is 6. The third-order valence-corrected chi connectivity index (χ3v) is 5.65. The van der Waals surface area contributed by atoms with Gasteiger partial charge in [0, 0.05) is 11.3 Å². The van der Waals surface area contributed by atoms with Crippen LogP contribution < -0.4 is 10.6 Å². The first-order valence-corrected chi connectivity index (χ1v) is 10.9. The number of anilines is 2. The maximum absolute atomic E-state index is 13.0. The van der Waals surface area contributed by atoms with Crippen molar-refractivity contribution in [1.82, 2.24) is 0 Å². The van der Waals surface area contributed by atoms with Crippen LogP contribution in [0.25, 0.3) is 0 Å². The molecule has 0 fully saturated rings. The standard InChI is InChI=1S/C25H20N2O5S/c1-16-9-11-18(12-10-16)26-24(29)22(17-6-3-2-4-7-17)32-25(30)20-13-14-21(33-20)27-23(28)19-8-5-15-31-19/h2-15,22H,1H3,(H,26,29)(H,27,28). The second-order valence-electron chi connectivity index (χ2n) is 7.15. The number of amides is 2. The van der Waals surface area contributed by atoms with Crippen LogP contribution in [0.15, 0.2) is 89.5 Å². The lowest BCUT2D eigenvalue weighted by molar-refractivity contribution is -0.125. The van der Waals surface area contributed by atoms with E-state index in [0.717, 1.165) is 16.9 Å². The van der Waals surface area contributed by atoms with Crippen molar-refractivity contribution in [3.63, 3.8) is 0 Å². The lowest BCUT2D eigenvalue weighted by Crippen LogP contribution is -2.25. The van der Waals surface area contributed by atoms with E-state index in [-0.39, 0.29) is 10.6 Å². The molecule has 2 aromatic carbocycles. The molecule has 1 unspecified atom stereocenters. The second kappa shape index (κ2) is 9.97. The van der Waals surface area contributed by atoms with Crippen molar-refractivity contribution >= 4 is 39.8 Å². The molecule has 166 valence electrons. The molecular weight excluding hydrogens is 440 g/mol. The first-order valence-electron chi connectivity index (χ1n) is 10.1. The van der Waals surface area contributed by atoms with Gasteiger partial charge in [-0.2, -0.15) is 0 Å². The summed E-state index contributed by atoms with van der Waals surface area (Å²) in [7, 11) is 0. The number of furan rings is 1. The SMILES string of the molecule is Cc1ccc(NC(=O)C(OC(=O)c2ccc(NC(=O)c3ccco3)s2)c2ccccc2)cc1. The van der Waals surface area contributed by atoms with E-state index in [2.05, 4.69) is 10.6 Å². The van der Waals surface area contributed by atoms with Crippen LogP contribution in [0, 0.1) is 6.92 Å². The minimum absolute atomic E-state index is 0.157. The lowest BCUT2D eigenvalue weighted by Gasteiger charge is -2.18. The van der Waals surface area contributed by atoms with E-state index in [9.17, 15) is 14.4 Å². The van der Waals surface area contributed by atoms with Crippen molar-refractivity contribution in [1.29, 1.82) is 0 Å². The molecule has 2 N–H and O–H groups in total. The summed E-state index contributed by atoms with van der Waals surface area (Å²) in [5.41, 5.74) is 2.20. The Hall–Kier alpha value is -4.17. The second-order valence-corrected chi connectivity index (χ2v) is 8.23. The summed E-state index contributed by atoms with van der Waals surface area (Å²) >= 11 is 1.04. The zero-order chi connectivity index (χ0) is 23.2. The van der Waals surface area contributed by atoms with Gasteiger partial charge in [-0.3, -0.25) is 9.59 Å². The van der Waals surface area contributed by atoms with Gasteiger partial charge in [-0.1, -0.05) is 48.0 Å². The summed E-state index contributed by atoms with van der Waals surface area (Å²) < 4.78 is 10.7. The van der Waals surface area contributed by atoms with E-state index in [1.165, 1.54) is 18.4 Å². The number of carbonyl (C=O) groups excluding carboxylic acids is 3. The zero-order valence-corrected chi connectivity index (χ0v) is 18.4. The first-order chi connectivity index (χ1) is 16.0. The van der Waals surface area contributed by atoms with E-state index >= 15 is 0 Å². The van der Waals surface area contributed by atoms with Crippen LogP contribution in [0.3, 0.4) is 0 Å². The summed E-state index contributed by atoms with van der Waals surface area (Å²) in [6.07, 6.45) is 0.251. The average molecular weight is 461 g/mol. The van der Waals surface area contributed by atoms with Gasteiger partial charge in [0.1, 0.15) is 4.88 Å². The monoisotopic (exact) mass is 460 g/mol. The van der Waals surface area contributed by atoms with Gasteiger partial charge in [-0.05, 0) is 43.3 Å². The number of aryl methyl sites for hydroxylation is 1. The van der Waals surface area contributed by atoms with Crippen LogP contribution in [0.1, 0.15) is 37.5 Å². The smallest absolute Gasteiger partial charge is 0.349 e. The number of thiophene rings is 1. The van der Waals surface area contributed by atoms with Crippen molar-refractivity contribution in [2.24, 2.45) is 0 Å². The quantitative estimate of drug-likeness (QED) is 0.358. The lowest BCUT2D eigenvalue weighted by atomic mass is 10.1. The highest BCUT2D eigenvalue weighted by Crippen LogP contribution is 2.27. The summed E-state index contributed by atoms with van der Waals surface area (Å²) in [5.74, 6) is -1.42. The Labute approximate surface area is 194 Å². The molecule has 0 saturated carbocycles. The van der Waals surface area contributed by atoms with Crippen molar-refractivity contribution in [3.8, 4) is 0 Å². The predicted octanol–water partition coefficient (Wildman–Crippen LogP) is 5.44. The molecule has 4 aromatic rings. The Morgan fingerprint density at radius 1 is 0.879 bits per heavy atom.